The summed E-state index contributed by atoms with van der Waals surface area (Å²) < 4.78 is 5.96. The minimum atomic E-state index is -0.447. The van der Waals surface area contributed by atoms with Crippen molar-refractivity contribution in [3.63, 3.8) is 0 Å². The molecule has 1 heterocycles. The van der Waals surface area contributed by atoms with Crippen LogP contribution in [0.2, 0.25) is 0 Å². The Morgan fingerprint density at radius 3 is 2.56 bits per heavy atom. The molecule has 6 heteroatoms. The Bertz CT molecular complexity index is 763. The molecule has 1 aliphatic rings. The van der Waals surface area contributed by atoms with Crippen LogP contribution >= 0.6 is 0 Å². The van der Waals surface area contributed by atoms with Crippen LogP contribution in [0.5, 0.6) is 0 Å². The van der Waals surface area contributed by atoms with E-state index in [1.165, 1.54) is 6.07 Å². The van der Waals surface area contributed by atoms with Gasteiger partial charge in [-0.1, -0.05) is 48.5 Å². The molecule has 2 aromatic rings. The molecule has 1 saturated heterocycles. The van der Waals surface area contributed by atoms with Crippen LogP contribution in [-0.4, -0.2) is 34.9 Å². The van der Waals surface area contributed by atoms with Crippen molar-refractivity contribution in [3.05, 3.63) is 75.8 Å². The Morgan fingerprint density at radius 1 is 1.16 bits per heavy atom. The van der Waals surface area contributed by atoms with Crippen molar-refractivity contribution in [1.82, 2.24) is 4.90 Å². The minimum Gasteiger partial charge on any atom is -0.367 e. The second-order valence-electron chi connectivity index (χ2n) is 6.21. The average Bonchev–Trinajstić information content (AvgIpc) is 2.62. The fourth-order valence-electron chi connectivity index (χ4n) is 3.12. The molecule has 0 aliphatic carbocycles. The summed E-state index contributed by atoms with van der Waals surface area (Å²) in [7, 11) is 0. The smallest absolute Gasteiger partial charge is 0.273 e. The first kappa shape index (κ1) is 17.1. The first-order chi connectivity index (χ1) is 12.0. The average molecular weight is 340 g/mol. The van der Waals surface area contributed by atoms with Crippen LogP contribution in [0.3, 0.4) is 0 Å². The zero-order chi connectivity index (χ0) is 17.8. The highest BCUT2D eigenvalue weighted by molar-refractivity contribution is 5.80. The molecule has 2 atom stereocenters. The number of rotatable bonds is 4. The highest BCUT2D eigenvalue weighted by Crippen LogP contribution is 2.26. The lowest BCUT2D eigenvalue weighted by molar-refractivity contribution is -0.385. The third kappa shape index (κ3) is 4.03. The number of nitro benzene ring substituents is 1. The van der Waals surface area contributed by atoms with Gasteiger partial charge in [0.2, 0.25) is 5.91 Å². The highest BCUT2D eigenvalue weighted by Gasteiger charge is 2.30. The van der Waals surface area contributed by atoms with E-state index in [1.54, 1.807) is 23.1 Å². The molecule has 6 nitrogen and oxygen atoms in total. The van der Waals surface area contributed by atoms with Gasteiger partial charge in [-0.15, -0.1) is 0 Å². The lowest BCUT2D eigenvalue weighted by Crippen LogP contribution is -2.46. The summed E-state index contributed by atoms with van der Waals surface area (Å²) in [5, 5.41) is 11.1. The monoisotopic (exact) mass is 340 g/mol. The van der Waals surface area contributed by atoms with E-state index >= 15 is 0 Å². The van der Waals surface area contributed by atoms with Crippen molar-refractivity contribution < 1.29 is 14.5 Å². The van der Waals surface area contributed by atoms with Crippen molar-refractivity contribution in [2.24, 2.45) is 0 Å². The van der Waals surface area contributed by atoms with E-state index in [0.717, 1.165) is 5.56 Å². The van der Waals surface area contributed by atoms with Crippen molar-refractivity contribution in [2.45, 2.75) is 25.6 Å². The summed E-state index contributed by atoms with van der Waals surface area (Å²) in [4.78, 5) is 25.1. The molecule has 0 unspecified atom stereocenters. The number of ether oxygens (including phenoxy) is 1. The summed E-state index contributed by atoms with van der Waals surface area (Å²) in [6.07, 6.45) is -0.251. The van der Waals surface area contributed by atoms with Gasteiger partial charge in [-0.2, -0.15) is 0 Å². The maximum absolute atomic E-state index is 12.7. The molecule has 2 aromatic carbocycles. The zero-order valence-electron chi connectivity index (χ0n) is 14.0. The molecule has 1 fully saturated rings. The summed E-state index contributed by atoms with van der Waals surface area (Å²) in [5.74, 6) is -0.120. The number of nitro groups is 1. The van der Waals surface area contributed by atoms with Crippen molar-refractivity contribution in [3.8, 4) is 0 Å². The van der Waals surface area contributed by atoms with Crippen LogP contribution in [0.1, 0.15) is 24.2 Å². The van der Waals surface area contributed by atoms with Gasteiger partial charge >= 0.3 is 0 Å². The Balaban J connectivity index is 1.75. The number of carbonyl (C=O) groups excluding carboxylic acids is 1. The second kappa shape index (κ2) is 7.44. The maximum atomic E-state index is 12.7. The lowest BCUT2D eigenvalue weighted by Gasteiger charge is -2.37. The van der Waals surface area contributed by atoms with Gasteiger partial charge in [-0.05, 0) is 12.5 Å². The van der Waals surface area contributed by atoms with E-state index in [-0.39, 0.29) is 30.2 Å². The predicted octanol–water partition coefficient (Wildman–Crippen LogP) is 3.13. The van der Waals surface area contributed by atoms with Crippen molar-refractivity contribution >= 4 is 11.6 Å². The Hall–Kier alpha value is -2.73. The molecule has 0 N–H and O–H groups in total. The molecular formula is C19H20N2O4. The van der Waals surface area contributed by atoms with Gasteiger partial charge in [0, 0.05) is 18.2 Å². The molecule has 1 amide bonds. The van der Waals surface area contributed by atoms with E-state index in [1.807, 2.05) is 37.3 Å². The third-order valence-electron chi connectivity index (χ3n) is 4.31. The van der Waals surface area contributed by atoms with Crippen LogP contribution < -0.4 is 0 Å². The summed E-state index contributed by atoms with van der Waals surface area (Å²) in [6.45, 7) is 2.87. The number of hydrogen-bond acceptors (Lipinski definition) is 4. The van der Waals surface area contributed by atoms with Crippen LogP contribution in [0.15, 0.2) is 54.6 Å². The van der Waals surface area contributed by atoms with E-state index in [4.69, 9.17) is 4.74 Å². The second-order valence-corrected chi connectivity index (χ2v) is 6.21. The fourth-order valence-corrected chi connectivity index (χ4v) is 3.12. The van der Waals surface area contributed by atoms with Crippen LogP contribution in [0, 0.1) is 10.1 Å². The quantitative estimate of drug-likeness (QED) is 0.633. The predicted molar refractivity (Wildman–Crippen MR) is 93.1 cm³/mol. The molecule has 130 valence electrons. The molecule has 0 bridgehead atoms. The highest BCUT2D eigenvalue weighted by atomic mass is 16.6. The van der Waals surface area contributed by atoms with E-state index < -0.39 is 4.92 Å². The standard InChI is InChI=1S/C19H20N2O4/c1-14-12-20(13-18(25-14)15-7-3-2-4-8-15)19(22)11-16-9-5-6-10-17(16)21(23)24/h2-10,14,18H,11-13H2,1H3/t14-,18+/m1/s1. The van der Waals surface area contributed by atoms with Gasteiger partial charge in [0.05, 0.1) is 24.0 Å². The van der Waals surface area contributed by atoms with E-state index in [0.29, 0.717) is 18.7 Å². The number of para-hydroxylation sites is 1. The number of nitrogens with zero attached hydrogens (tertiary/aromatic N) is 2. The molecule has 0 radical (unpaired) electrons. The van der Waals surface area contributed by atoms with Crippen LogP contribution in [-0.2, 0) is 16.0 Å². The molecule has 0 saturated carbocycles. The zero-order valence-corrected chi connectivity index (χ0v) is 14.0. The van der Waals surface area contributed by atoms with Crippen molar-refractivity contribution in [1.29, 1.82) is 0 Å². The number of carbonyl (C=O) groups is 1. The molecule has 3 rings (SSSR count). The fraction of sp³-hybridized carbons (Fsp3) is 0.316. The Morgan fingerprint density at radius 2 is 1.84 bits per heavy atom. The van der Waals surface area contributed by atoms with Gasteiger partial charge < -0.3 is 9.64 Å². The summed E-state index contributed by atoms with van der Waals surface area (Å²) >= 11 is 0. The van der Waals surface area contributed by atoms with Gasteiger partial charge in [0.25, 0.3) is 5.69 Å². The molecule has 1 aliphatic heterocycles. The van der Waals surface area contributed by atoms with E-state index in [2.05, 4.69) is 0 Å². The first-order valence-corrected chi connectivity index (χ1v) is 8.25. The normalized spacial score (nSPS) is 20.3. The summed E-state index contributed by atoms with van der Waals surface area (Å²) in [5.41, 5.74) is 1.45. The van der Waals surface area contributed by atoms with Crippen molar-refractivity contribution in [2.75, 3.05) is 13.1 Å². The first-order valence-electron chi connectivity index (χ1n) is 8.25. The number of hydrogen-bond donors (Lipinski definition) is 0. The van der Waals surface area contributed by atoms with E-state index in [9.17, 15) is 14.9 Å². The number of morpholine rings is 1. The topological polar surface area (TPSA) is 72.7 Å². The largest absolute Gasteiger partial charge is 0.367 e. The molecule has 0 spiro atoms. The minimum absolute atomic E-state index is 0.0169. The number of amides is 1. The third-order valence-corrected chi connectivity index (χ3v) is 4.31. The maximum Gasteiger partial charge on any atom is 0.273 e. The Kier molecular flexibility index (Phi) is 5.09. The SMILES string of the molecule is C[C@@H]1CN(C(=O)Cc2ccccc2[N+](=O)[O-])C[C@@H](c2ccccc2)O1. The van der Waals surface area contributed by atoms with Crippen LogP contribution in [0.4, 0.5) is 5.69 Å². The van der Waals surface area contributed by atoms with Gasteiger partial charge in [0.15, 0.2) is 0 Å². The van der Waals surface area contributed by atoms with Gasteiger partial charge in [-0.25, -0.2) is 0 Å². The Labute approximate surface area is 146 Å². The number of benzene rings is 2. The summed E-state index contributed by atoms with van der Waals surface area (Å²) in [6, 6.07) is 16.2. The van der Waals surface area contributed by atoms with Gasteiger partial charge in [0.1, 0.15) is 6.10 Å². The van der Waals surface area contributed by atoms with Crippen LogP contribution in [0.25, 0.3) is 0 Å². The lowest BCUT2D eigenvalue weighted by atomic mass is 10.0. The molecule has 0 aromatic heterocycles. The van der Waals surface area contributed by atoms with Gasteiger partial charge in [-0.3, -0.25) is 14.9 Å². The molecule has 25 heavy (non-hydrogen) atoms. The molecular weight excluding hydrogens is 320 g/mol.